The molecule has 0 saturated carbocycles. The molecule has 2 N–H and O–H groups in total. The standard InChI is InChI=1S/C16H20ClN3O3S/c1-4-9(2)18-16-20-15(22)13(24-16)8-14(21)19-11-7-10(17)5-6-12(11)23-3/h5-7,9,13H,4,8H2,1-3H3,(H,19,21)(H,18,20,22). The van der Waals surface area contributed by atoms with Gasteiger partial charge in [0.1, 0.15) is 11.0 Å². The number of amides is 2. The molecule has 1 aromatic rings. The van der Waals surface area contributed by atoms with E-state index in [0.29, 0.717) is 21.6 Å². The molecule has 0 bridgehead atoms. The highest BCUT2D eigenvalue weighted by Crippen LogP contribution is 2.29. The molecular formula is C16H20ClN3O3S. The molecule has 2 atom stereocenters. The number of halogens is 1. The molecule has 0 spiro atoms. The molecule has 1 aliphatic rings. The lowest BCUT2D eigenvalue weighted by molar-refractivity contribution is -0.122. The van der Waals surface area contributed by atoms with Crippen molar-refractivity contribution in [1.82, 2.24) is 5.32 Å². The van der Waals surface area contributed by atoms with Gasteiger partial charge >= 0.3 is 0 Å². The van der Waals surface area contributed by atoms with Crippen molar-refractivity contribution in [2.24, 2.45) is 4.99 Å². The topological polar surface area (TPSA) is 79.8 Å². The molecule has 8 heteroatoms. The van der Waals surface area contributed by atoms with Crippen molar-refractivity contribution in [2.45, 2.75) is 38.0 Å². The molecule has 1 aromatic carbocycles. The van der Waals surface area contributed by atoms with Crippen LogP contribution in [0.5, 0.6) is 5.75 Å². The molecular weight excluding hydrogens is 350 g/mol. The minimum Gasteiger partial charge on any atom is -0.495 e. The number of hydrogen-bond acceptors (Lipinski definition) is 5. The summed E-state index contributed by atoms with van der Waals surface area (Å²) in [4.78, 5) is 28.6. The minimum atomic E-state index is -0.488. The molecule has 24 heavy (non-hydrogen) atoms. The highest BCUT2D eigenvalue weighted by Gasteiger charge is 2.32. The summed E-state index contributed by atoms with van der Waals surface area (Å²) in [5.74, 6) is 0.0265. The third-order valence-corrected chi connectivity index (χ3v) is 4.84. The van der Waals surface area contributed by atoms with Crippen molar-refractivity contribution in [2.75, 3.05) is 12.4 Å². The second kappa shape index (κ2) is 8.39. The highest BCUT2D eigenvalue weighted by atomic mass is 35.5. The largest absolute Gasteiger partial charge is 0.495 e. The summed E-state index contributed by atoms with van der Waals surface area (Å²) in [5.41, 5.74) is 0.479. The number of hydrogen-bond donors (Lipinski definition) is 2. The zero-order valence-corrected chi connectivity index (χ0v) is 15.3. The van der Waals surface area contributed by atoms with E-state index in [2.05, 4.69) is 15.6 Å². The van der Waals surface area contributed by atoms with E-state index < -0.39 is 5.25 Å². The Labute approximate surface area is 150 Å². The lowest BCUT2D eigenvalue weighted by Crippen LogP contribution is -2.28. The van der Waals surface area contributed by atoms with Crippen molar-refractivity contribution < 1.29 is 14.3 Å². The number of carbonyl (C=O) groups is 2. The van der Waals surface area contributed by atoms with Gasteiger partial charge in [-0.3, -0.25) is 14.6 Å². The fraction of sp³-hybridized carbons (Fsp3) is 0.438. The molecule has 0 aromatic heterocycles. The lowest BCUT2D eigenvalue weighted by atomic mass is 10.2. The van der Waals surface area contributed by atoms with Crippen LogP contribution in [0.25, 0.3) is 0 Å². The third-order valence-electron chi connectivity index (χ3n) is 3.51. The average molecular weight is 370 g/mol. The summed E-state index contributed by atoms with van der Waals surface area (Å²) in [6.45, 7) is 4.00. The van der Waals surface area contributed by atoms with E-state index in [1.807, 2.05) is 13.8 Å². The first kappa shape index (κ1) is 18.6. The Bertz CT molecular complexity index is 666. The molecule has 1 heterocycles. The van der Waals surface area contributed by atoms with Crippen LogP contribution in [0.2, 0.25) is 5.02 Å². The fourth-order valence-electron chi connectivity index (χ4n) is 2.04. The van der Waals surface area contributed by atoms with E-state index in [4.69, 9.17) is 16.3 Å². The first-order chi connectivity index (χ1) is 11.4. The second-order valence-electron chi connectivity index (χ2n) is 5.38. The van der Waals surface area contributed by atoms with Crippen LogP contribution >= 0.6 is 23.4 Å². The van der Waals surface area contributed by atoms with Gasteiger partial charge in [0.15, 0.2) is 5.17 Å². The number of thioether (sulfide) groups is 1. The minimum absolute atomic E-state index is 0.0473. The van der Waals surface area contributed by atoms with Crippen LogP contribution in [-0.2, 0) is 9.59 Å². The van der Waals surface area contributed by atoms with Crippen LogP contribution in [0.1, 0.15) is 26.7 Å². The molecule has 6 nitrogen and oxygen atoms in total. The molecule has 0 radical (unpaired) electrons. The van der Waals surface area contributed by atoms with Crippen molar-refractivity contribution in [3.63, 3.8) is 0 Å². The summed E-state index contributed by atoms with van der Waals surface area (Å²) in [7, 11) is 1.51. The highest BCUT2D eigenvalue weighted by molar-refractivity contribution is 8.15. The van der Waals surface area contributed by atoms with Gasteiger partial charge in [-0.15, -0.1) is 0 Å². The summed E-state index contributed by atoms with van der Waals surface area (Å²) in [6, 6.07) is 5.09. The van der Waals surface area contributed by atoms with E-state index >= 15 is 0 Å². The molecule has 1 fully saturated rings. The fourth-order valence-corrected chi connectivity index (χ4v) is 3.28. The number of nitrogens with zero attached hydrogens (tertiary/aromatic N) is 1. The molecule has 2 unspecified atom stereocenters. The Kier molecular flexibility index (Phi) is 6.51. The van der Waals surface area contributed by atoms with Gasteiger partial charge < -0.3 is 15.4 Å². The van der Waals surface area contributed by atoms with Gasteiger partial charge in [0.2, 0.25) is 11.8 Å². The van der Waals surface area contributed by atoms with Gasteiger partial charge in [0.05, 0.1) is 12.8 Å². The molecule has 2 amide bonds. The maximum atomic E-state index is 12.2. The van der Waals surface area contributed by atoms with Gasteiger partial charge in [-0.25, -0.2) is 0 Å². The normalized spacial score (nSPS) is 19.9. The lowest BCUT2D eigenvalue weighted by Gasteiger charge is -2.11. The van der Waals surface area contributed by atoms with E-state index in [-0.39, 0.29) is 24.3 Å². The molecule has 2 rings (SSSR count). The van der Waals surface area contributed by atoms with Crippen molar-refractivity contribution >= 4 is 46.0 Å². The second-order valence-corrected chi connectivity index (χ2v) is 7.01. The van der Waals surface area contributed by atoms with Crippen molar-refractivity contribution in [3.05, 3.63) is 23.2 Å². The van der Waals surface area contributed by atoms with Gasteiger partial charge in [0.25, 0.3) is 0 Å². The van der Waals surface area contributed by atoms with E-state index in [9.17, 15) is 9.59 Å². The number of carbonyl (C=O) groups excluding carboxylic acids is 2. The zero-order chi connectivity index (χ0) is 17.7. The van der Waals surface area contributed by atoms with Crippen LogP contribution in [0.15, 0.2) is 23.2 Å². The number of methoxy groups -OCH3 is 1. The predicted molar refractivity (Wildman–Crippen MR) is 98.0 cm³/mol. The molecule has 1 saturated heterocycles. The molecule has 1 aliphatic heterocycles. The quantitative estimate of drug-likeness (QED) is 0.807. The van der Waals surface area contributed by atoms with Gasteiger partial charge in [-0.05, 0) is 31.5 Å². The van der Waals surface area contributed by atoms with E-state index in [1.165, 1.54) is 18.9 Å². The van der Waals surface area contributed by atoms with Crippen LogP contribution in [0.4, 0.5) is 5.69 Å². The Morgan fingerprint density at radius 2 is 2.29 bits per heavy atom. The summed E-state index contributed by atoms with van der Waals surface area (Å²) >= 11 is 7.23. The average Bonchev–Trinajstić information content (AvgIpc) is 2.86. The maximum Gasteiger partial charge on any atom is 0.240 e. The summed E-state index contributed by atoms with van der Waals surface area (Å²) in [5, 5.41) is 6.03. The number of amidine groups is 1. The Morgan fingerprint density at radius 3 is 2.96 bits per heavy atom. The summed E-state index contributed by atoms with van der Waals surface area (Å²) in [6.07, 6.45) is 0.936. The monoisotopic (exact) mass is 369 g/mol. The number of nitrogens with one attached hydrogen (secondary N) is 2. The van der Waals surface area contributed by atoms with Crippen LogP contribution in [0.3, 0.4) is 0 Å². The predicted octanol–water partition coefficient (Wildman–Crippen LogP) is 3.06. The number of aliphatic imine (C=N–C) groups is 1. The smallest absolute Gasteiger partial charge is 0.240 e. The van der Waals surface area contributed by atoms with Gasteiger partial charge in [0, 0.05) is 17.5 Å². The van der Waals surface area contributed by atoms with Crippen LogP contribution in [0, 0.1) is 0 Å². The Balaban J connectivity index is 1.99. The van der Waals surface area contributed by atoms with Gasteiger partial charge in [-0.2, -0.15) is 0 Å². The maximum absolute atomic E-state index is 12.2. The summed E-state index contributed by atoms with van der Waals surface area (Å²) < 4.78 is 5.19. The SMILES string of the molecule is CCC(C)N=C1NC(=O)C(CC(=O)Nc2cc(Cl)ccc2OC)S1. The third kappa shape index (κ3) is 4.88. The Morgan fingerprint density at radius 1 is 1.54 bits per heavy atom. The number of ether oxygens (including phenoxy) is 1. The van der Waals surface area contributed by atoms with Crippen molar-refractivity contribution in [3.8, 4) is 5.75 Å². The van der Waals surface area contributed by atoms with E-state index in [0.717, 1.165) is 6.42 Å². The molecule has 130 valence electrons. The van der Waals surface area contributed by atoms with Crippen LogP contribution < -0.4 is 15.4 Å². The number of benzene rings is 1. The first-order valence-corrected chi connectivity index (χ1v) is 8.87. The van der Waals surface area contributed by atoms with E-state index in [1.54, 1.807) is 18.2 Å². The Hall–Kier alpha value is -1.73. The number of anilines is 1. The zero-order valence-electron chi connectivity index (χ0n) is 13.8. The molecule has 0 aliphatic carbocycles. The first-order valence-electron chi connectivity index (χ1n) is 7.61. The van der Waals surface area contributed by atoms with Crippen LogP contribution in [-0.4, -0.2) is 35.4 Å². The van der Waals surface area contributed by atoms with Crippen molar-refractivity contribution in [1.29, 1.82) is 0 Å². The number of rotatable bonds is 6. The van der Waals surface area contributed by atoms with Gasteiger partial charge in [-0.1, -0.05) is 30.3 Å².